The van der Waals surface area contributed by atoms with Crippen molar-refractivity contribution in [2.75, 3.05) is 6.79 Å². The van der Waals surface area contributed by atoms with E-state index in [4.69, 9.17) is 14.1 Å². The number of aromatic nitrogens is 3. The minimum atomic E-state index is -1.28. The zero-order valence-electron chi connectivity index (χ0n) is 21.8. The molecular weight excluding hydrogens is 479 g/mol. The monoisotopic (exact) mass is 514 g/mol. The fourth-order valence-corrected chi connectivity index (χ4v) is 4.12. The number of para-hydroxylation sites is 1. The average Bonchev–Trinajstić information content (AvgIpc) is 3.30. The molecule has 0 bridgehead atoms. The molecular formula is C25H35BN4O7. The van der Waals surface area contributed by atoms with Crippen molar-refractivity contribution >= 4 is 24.8 Å². The predicted octanol–water partition coefficient (Wildman–Crippen LogP) is 2.31. The number of ether oxygens (including phenoxy) is 2. The highest BCUT2D eigenvalue weighted by molar-refractivity contribution is 6.47. The second-order valence-electron chi connectivity index (χ2n) is 9.48. The van der Waals surface area contributed by atoms with Crippen molar-refractivity contribution in [3.63, 3.8) is 0 Å². The molecule has 0 fully saturated rings. The minimum Gasteiger partial charge on any atom is -0.535 e. The lowest BCUT2D eigenvalue weighted by Crippen LogP contribution is -2.36. The van der Waals surface area contributed by atoms with Crippen molar-refractivity contribution < 1.29 is 33.5 Å². The first-order chi connectivity index (χ1) is 17.7. The van der Waals surface area contributed by atoms with Crippen molar-refractivity contribution in [1.82, 2.24) is 20.3 Å². The van der Waals surface area contributed by atoms with Gasteiger partial charge in [-0.15, -0.1) is 5.10 Å². The molecule has 2 aromatic rings. The lowest BCUT2D eigenvalue weighted by molar-refractivity contribution is -0.157. The van der Waals surface area contributed by atoms with Crippen molar-refractivity contribution in [2.45, 2.75) is 78.3 Å². The number of rotatable bonds is 13. The largest absolute Gasteiger partial charge is 0.535 e. The number of nitrogens with zero attached hydrogens (tertiary/aromatic N) is 3. The normalized spacial score (nSPS) is 14.9. The van der Waals surface area contributed by atoms with Crippen LogP contribution in [0.25, 0.3) is 0 Å². The SMILES string of the molecule is CCC(CC)C(=O)OCOC(=O)c1cccc2c1OB(O)[C@@H](CC(=O)Cn1cc(CNC(C)C)nn1)C2. The maximum atomic E-state index is 12.7. The number of nitrogens with one attached hydrogen (secondary N) is 1. The van der Waals surface area contributed by atoms with Gasteiger partial charge in [0.1, 0.15) is 17.9 Å². The Morgan fingerprint density at radius 3 is 2.70 bits per heavy atom. The molecule has 0 aliphatic carbocycles. The van der Waals surface area contributed by atoms with E-state index in [1.165, 1.54) is 10.7 Å². The summed E-state index contributed by atoms with van der Waals surface area (Å²) in [4.78, 5) is 37.3. The summed E-state index contributed by atoms with van der Waals surface area (Å²) in [6, 6.07) is 5.27. The maximum Gasteiger partial charge on any atom is 0.526 e. The Kier molecular flexibility index (Phi) is 10.2. The summed E-state index contributed by atoms with van der Waals surface area (Å²) in [7, 11) is -1.28. The van der Waals surface area contributed by atoms with E-state index in [-0.39, 0.29) is 36.0 Å². The first-order valence-electron chi connectivity index (χ1n) is 12.7. The third-order valence-corrected chi connectivity index (χ3v) is 6.26. The number of Topliss-reactive ketones (excluding diaryl/α,β-unsaturated/α-hetero) is 1. The van der Waals surface area contributed by atoms with Crippen LogP contribution in [0.4, 0.5) is 0 Å². The average molecular weight is 514 g/mol. The lowest BCUT2D eigenvalue weighted by atomic mass is 9.64. The van der Waals surface area contributed by atoms with Crippen molar-refractivity contribution in [3.8, 4) is 5.75 Å². The van der Waals surface area contributed by atoms with E-state index in [0.29, 0.717) is 37.4 Å². The summed E-state index contributed by atoms with van der Waals surface area (Å²) < 4.78 is 17.3. The van der Waals surface area contributed by atoms with Crippen LogP contribution in [-0.2, 0) is 38.6 Å². The van der Waals surface area contributed by atoms with Crippen LogP contribution in [-0.4, -0.2) is 57.7 Å². The molecule has 0 spiro atoms. The molecule has 3 rings (SSSR count). The third kappa shape index (κ3) is 7.87. The highest BCUT2D eigenvalue weighted by Crippen LogP contribution is 2.36. The molecule has 200 valence electrons. The van der Waals surface area contributed by atoms with E-state index in [2.05, 4.69) is 15.6 Å². The van der Waals surface area contributed by atoms with Gasteiger partial charge < -0.3 is 24.5 Å². The Labute approximate surface area is 217 Å². The van der Waals surface area contributed by atoms with Crippen molar-refractivity contribution in [3.05, 3.63) is 41.2 Å². The van der Waals surface area contributed by atoms with Gasteiger partial charge in [-0.25, -0.2) is 9.48 Å². The molecule has 0 saturated heterocycles. The number of carbonyl (C=O) groups is 3. The molecule has 12 heteroatoms. The third-order valence-electron chi connectivity index (χ3n) is 6.26. The van der Waals surface area contributed by atoms with E-state index < -0.39 is 31.7 Å². The van der Waals surface area contributed by atoms with Crippen LogP contribution >= 0.6 is 0 Å². The van der Waals surface area contributed by atoms with Gasteiger partial charge in [0.15, 0.2) is 5.78 Å². The Morgan fingerprint density at radius 2 is 2.00 bits per heavy atom. The summed E-state index contributed by atoms with van der Waals surface area (Å²) in [5, 5.41) is 21.9. The Morgan fingerprint density at radius 1 is 1.24 bits per heavy atom. The van der Waals surface area contributed by atoms with Crippen LogP contribution in [0.5, 0.6) is 5.75 Å². The second-order valence-corrected chi connectivity index (χ2v) is 9.48. The molecule has 1 aromatic carbocycles. The summed E-state index contributed by atoms with van der Waals surface area (Å²) in [5.74, 6) is -1.80. The fourth-order valence-electron chi connectivity index (χ4n) is 4.12. The zero-order chi connectivity index (χ0) is 26.9. The topological polar surface area (TPSA) is 142 Å². The Hall–Kier alpha value is -3.25. The van der Waals surface area contributed by atoms with Gasteiger partial charge in [-0.3, -0.25) is 9.59 Å². The smallest absolute Gasteiger partial charge is 0.526 e. The molecule has 2 N–H and O–H groups in total. The molecule has 0 radical (unpaired) electrons. The molecule has 2 heterocycles. The van der Waals surface area contributed by atoms with Crippen LogP contribution in [0.15, 0.2) is 24.4 Å². The number of hydrogen-bond acceptors (Lipinski definition) is 10. The molecule has 0 amide bonds. The number of carbonyl (C=O) groups excluding carboxylic acids is 3. The molecule has 0 unspecified atom stereocenters. The van der Waals surface area contributed by atoms with Crippen molar-refractivity contribution in [2.24, 2.45) is 5.92 Å². The molecule has 1 aromatic heterocycles. The first kappa shape index (κ1) is 28.3. The van der Waals surface area contributed by atoms with Gasteiger partial charge in [0.2, 0.25) is 6.79 Å². The number of ketones is 1. The molecule has 37 heavy (non-hydrogen) atoms. The van der Waals surface area contributed by atoms with Crippen molar-refractivity contribution in [1.29, 1.82) is 0 Å². The lowest BCUT2D eigenvalue weighted by Gasteiger charge is -2.28. The van der Waals surface area contributed by atoms with E-state index >= 15 is 0 Å². The van der Waals surface area contributed by atoms with Crippen LogP contribution in [0, 0.1) is 5.92 Å². The van der Waals surface area contributed by atoms with Crippen LogP contribution in [0.2, 0.25) is 5.82 Å². The van der Waals surface area contributed by atoms with E-state index in [9.17, 15) is 19.4 Å². The second kappa shape index (κ2) is 13.3. The summed E-state index contributed by atoms with van der Waals surface area (Å²) >= 11 is 0. The molecule has 0 saturated carbocycles. The molecule has 1 aliphatic rings. The quantitative estimate of drug-likeness (QED) is 0.232. The predicted molar refractivity (Wildman–Crippen MR) is 135 cm³/mol. The summed E-state index contributed by atoms with van der Waals surface area (Å²) in [6.45, 7) is 7.92. The van der Waals surface area contributed by atoms with Crippen LogP contribution in [0.1, 0.15) is 68.6 Å². The number of fused-ring (bicyclic) bond motifs is 1. The van der Waals surface area contributed by atoms with Gasteiger partial charge in [-0.1, -0.05) is 45.0 Å². The van der Waals surface area contributed by atoms with Gasteiger partial charge in [0.25, 0.3) is 0 Å². The Bertz CT molecular complexity index is 1090. The number of esters is 2. The highest BCUT2D eigenvalue weighted by atomic mass is 16.7. The van der Waals surface area contributed by atoms with Crippen LogP contribution in [0.3, 0.4) is 0 Å². The van der Waals surface area contributed by atoms with E-state index in [1.54, 1.807) is 18.3 Å². The van der Waals surface area contributed by atoms with Gasteiger partial charge in [-0.05, 0) is 30.9 Å². The van der Waals surface area contributed by atoms with E-state index in [0.717, 1.165) is 5.69 Å². The standard InChI is InChI=1S/C25H35BN4O7/c1-5-17(6-2)24(32)35-15-36-25(33)22-9-7-8-18-10-19(26(34)37-23(18)22)11-21(31)14-30-13-20(28-29-30)12-27-16(3)4/h7-9,13,16-17,19,27,34H,5-6,10-12,14-15H2,1-4H3/t19-/m1/s1. The Balaban J connectivity index is 1.56. The molecule has 1 aliphatic heterocycles. The van der Waals surface area contributed by atoms with Crippen LogP contribution < -0.4 is 9.97 Å². The number of benzene rings is 1. The first-order valence-corrected chi connectivity index (χ1v) is 12.7. The molecule has 11 nitrogen and oxygen atoms in total. The maximum absolute atomic E-state index is 12.7. The summed E-state index contributed by atoms with van der Waals surface area (Å²) in [5.41, 5.74) is 1.53. The molecule has 1 atom stereocenters. The highest BCUT2D eigenvalue weighted by Gasteiger charge is 2.38. The van der Waals surface area contributed by atoms with Gasteiger partial charge >= 0.3 is 19.1 Å². The zero-order valence-corrected chi connectivity index (χ0v) is 21.8. The van der Waals surface area contributed by atoms with Gasteiger partial charge in [0, 0.05) is 24.8 Å². The van der Waals surface area contributed by atoms with Gasteiger partial charge in [-0.2, -0.15) is 0 Å². The van der Waals surface area contributed by atoms with E-state index in [1.807, 2.05) is 27.7 Å². The summed E-state index contributed by atoms with van der Waals surface area (Å²) in [6.07, 6.45) is 3.41. The minimum absolute atomic E-state index is 0.0345. The van der Waals surface area contributed by atoms with Gasteiger partial charge in [0.05, 0.1) is 17.8 Å². The number of hydrogen-bond donors (Lipinski definition) is 2. The fraction of sp³-hybridized carbons (Fsp3) is 0.560.